The number of piperazine rings is 1. The van der Waals surface area contributed by atoms with Gasteiger partial charge in [-0.1, -0.05) is 24.8 Å². The molecule has 0 atom stereocenters. The van der Waals surface area contributed by atoms with E-state index in [-0.39, 0.29) is 18.0 Å². The average Bonchev–Trinajstić information content (AvgIpc) is 3.50. The number of carbonyl (C=O) groups excluding carboxylic acids is 1. The third kappa shape index (κ3) is 4.15. The molecule has 2 aliphatic rings. The van der Waals surface area contributed by atoms with Gasteiger partial charge in [0, 0.05) is 50.7 Å². The first-order valence-corrected chi connectivity index (χ1v) is 12.3. The summed E-state index contributed by atoms with van der Waals surface area (Å²) in [6.45, 7) is 11.6. The zero-order valence-corrected chi connectivity index (χ0v) is 19.8. The molecule has 2 saturated heterocycles. The quantitative estimate of drug-likeness (QED) is 0.582. The topological polar surface area (TPSA) is 61.7 Å². The van der Waals surface area contributed by atoms with Crippen LogP contribution in [0.4, 0.5) is 5.69 Å². The van der Waals surface area contributed by atoms with E-state index in [4.69, 9.17) is 0 Å². The molecule has 2 aromatic heterocycles. The van der Waals surface area contributed by atoms with E-state index in [1.54, 1.807) is 0 Å². The van der Waals surface area contributed by atoms with Gasteiger partial charge in [0.2, 0.25) is 5.91 Å². The first kappa shape index (κ1) is 21.7. The number of aryl methyl sites for hydroxylation is 1. The van der Waals surface area contributed by atoms with Crippen molar-refractivity contribution in [3.8, 4) is 0 Å². The van der Waals surface area contributed by atoms with Crippen LogP contribution in [0.5, 0.6) is 0 Å². The number of carbonyl (C=O) groups is 1. The molecular weight excluding hydrogens is 434 g/mol. The van der Waals surface area contributed by atoms with E-state index < -0.39 is 0 Å². The van der Waals surface area contributed by atoms with Crippen LogP contribution < -0.4 is 10.5 Å². The number of nitrogens with zero attached hydrogens (tertiary/aromatic N) is 5. The number of para-hydroxylation sites is 1. The highest BCUT2D eigenvalue weighted by Gasteiger charge is 2.24. The number of likely N-dealkylation sites (tertiary alicyclic amines) is 1. The molecule has 5 rings (SSSR count). The van der Waals surface area contributed by atoms with Crippen LogP contribution in [0.3, 0.4) is 0 Å². The number of amides is 1. The Hall–Kier alpha value is -3.13. The molecule has 0 bridgehead atoms. The molecule has 8 heteroatoms. The molecule has 33 heavy (non-hydrogen) atoms. The van der Waals surface area contributed by atoms with Crippen LogP contribution >= 0.6 is 11.3 Å². The maximum atomic E-state index is 13.2. The predicted octanol–water partition coefficient (Wildman–Crippen LogP) is 3.18. The third-order valence-electron chi connectivity index (χ3n) is 6.73. The predicted molar refractivity (Wildman–Crippen MR) is 134 cm³/mol. The van der Waals surface area contributed by atoms with Crippen LogP contribution in [-0.4, -0.2) is 64.5 Å². The SMILES string of the molecule is C=C(c1sc2ncn(CC(=O)N3CCCC3)c(=O)c2c1C)N1CCN(c2ccccc2)CC1. The zero-order chi connectivity index (χ0) is 22.9. The highest BCUT2D eigenvalue weighted by molar-refractivity contribution is 7.19. The maximum absolute atomic E-state index is 13.2. The Balaban J connectivity index is 1.34. The van der Waals surface area contributed by atoms with Crippen LogP contribution in [0.1, 0.15) is 23.3 Å². The van der Waals surface area contributed by atoms with Gasteiger partial charge in [0.15, 0.2) is 0 Å². The van der Waals surface area contributed by atoms with Gasteiger partial charge in [0.1, 0.15) is 11.4 Å². The lowest BCUT2D eigenvalue weighted by Gasteiger charge is -2.38. The van der Waals surface area contributed by atoms with Gasteiger partial charge >= 0.3 is 0 Å². The largest absolute Gasteiger partial charge is 0.368 e. The van der Waals surface area contributed by atoms with Crippen LogP contribution in [0, 0.1) is 6.92 Å². The number of fused-ring (bicyclic) bond motifs is 1. The fourth-order valence-electron chi connectivity index (χ4n) is 4.78. The Morgan fingerprint density at radius 1 is 1.03 bits per heavy atom. The van der Waals surface area contributed by atoms with Crippen molar-refractivity contribution in [2.24, 2.45) is 0 Å². The first-order valence-electron chi connectivity index (χ1n) is 11.5. The van der Waals surface area contributed by atoms with Gasteiger partial charge in [-0.05, 0) is 37.5 Å². The summed E-state index contributed by atoms with van der Waals surface area (Å²) >= 11 is 1.52. The number of anilines is 1. The van der Waals surface area contributed by atoms with Crippen molar-refractivity contribution < 1.29 is 4.79 Å². The van der Waals surface area contributed by atoms with Crippen molar-refractivity contribution in [2.75, 3.05) is 44.2 Å². The van der Waals surface area contributed by atoms with E-state index in [2.05, 4.69) is 45.6 Å². The van der Waals surface area contributed by atoms with E-state index in [9.17, 15) is 9.59 Å². The van der Waals surface area contributed by atoms with Crippen LogP contribution in [-0.2, 0) is 11.3 Å². The normalized spacial score (nSPS) is 16.6. The van der Waals surface area contributed by atoms with E-state index in [1.165, 1.54) is 27.9 Å². The summed E-state index contributed by atoms with van der Waals surface area (Å²) in [5.74, 6) is -0.00967. The van der Waals surface area contributed by atoms with Gasteiger partial charge in [0.05, 0.1) is 16.6 Å². The summed E-state index contributed by atoms with van der Waals surface area (Å²) in [5, 5.41) is 0.607. The number of thiophene rings is 1. The van der Waals surface area contributed by atoms with Crippen LogP contribution in [0.25, 0.3) is 15.9 Å². The first-order chi connectivity index (χ1) is 16.0. The zero-order valence-electron chi connectivity index (χ0n) is 19.0. The molecule has 0 spiro atoms. The summed E-state index contributed by atoms with van der Waals surface area (Å²) in [4.78, 5) is 38.5. The summed E-state index contributed by atoms with van der Waals surface area (Å²) < 4.78 is 1.45. The molecule has 0 unspecified atom stereocenters. The highest BCUT2D eigenvalue weighted by Crippen LogP contribution is 2.34. The summed E-state index contributed by atoms with van der Waals surface area (Å²) in [5.41, 5.74) is 2.96. The molecule has 0 aliphatic carbocycles. The number of rotatable bonds is 5. The summed E-state index contributed by atoms with van der Waals surface area (Å²) in [6, 6.07) is 10.5. The van der Waals surface area contributed by atoms with E-state index in [1.807, 2.05) is 17.9 Å². The smallest absolute Gasteiger partial charge is 0.262 e. The molecule has 3 aromatic rings. The lowest BCUT2D eigenvalue weighted by atomic mass is 10.1. The molecule has 2 aliphatic heterocycles. The second-order valence-electron chi connectivity index (χ2n) is 8.76. The van der Waals surface area contributed by atoms with Crippen molar-refractivity contribution in [3.63, 3.8) is 0 Å². The van der Waals surface area contributed by atoms with Gasteiger partial charge < -0.3 is 14.7 Å². The van der Waals surface area contributed by atoms with E-state index >= 15 is 0 Å². The molecule has 7 nitrogen and oxygen atoms in total. The van der Waals surface area contributed by atoms with Crippen molar-refractivity contribution >= 4 is 38.8 Å². The number of hydrogen-bond acceptors (Lipinski definition) is 6. The molecule has 2 fully saturated rings. The average molecular weight is 464 g/mol. The fraction of sp³-hybridized carbons (Fsp3) is 0.400. The van der Waals surface area contributed by atoms with Gasteiger partial charge in [-0.15, -0.1) is 11.3 Å². The van der Waals surface area contributed by atoms with Crippen molar-refractivity contribution in [3.05, 3.63) is 64.0 Å². The molecule has 1 amide bonds. The van der Waals surface area contributed by atoms with Crippen LogP contribution in [0.2, 0.25) is 0 Å². The highest BCUT2D eigenvalue weighted by atomic mass is 32.1. The Kier molecular flexibility index (Phi) is 5.93. The molecule has 0 saturated carbocycles. The van der Waals surface area contributed by atoms with E-state index in [0.29, 0.717) is 10.2 Å². The molecule has 0 radical (unpaired) electrons. The van der Waals surface area contributed by atoms with Gasteiger partial charge in [-0.25, -0.2) is 4.98 Å². The molecule has 1 aromatic carbocycles. The Labute approximate surface area is 197 Å². The second kappa shape index (κ2) is 9.02. The molecule has 4 heterocycles. The third-order valence-corrected chi connectivity index (χ3v) is 7.98. The van der Waals surface area contributed by atoms with Gasteiger partial charge in [0.25, 0.3) is 5.56 Å². The van der Waals surface area contributed by atoms with Gasteiger partial charge in [-0.2, -0.15) is 0 Å². The minimum atomic E-state index is -0.144. The molecule has 172 valence electrons. The minimum absolute atomic E-state index is 0.00967. The summed E-state index contributed by atoms with van der Waals surface area (Å²) in [6.07, 6.45) is 3.58. The lowest BCUT2D eigenvalue weighted by Crippen LogP contribution is -2.45. The van der Waals surface area contributed by atoms with Crippen molar-refractivity contribution in [1.82, 2.24) is 19.4 Å². The van der Waals surface area contributed by atoms with Crippen molar-refractivity contribution in [1.29, 1.82) is 0 Å². The summed E-state index contributed by atoms with van der Waals surface area (Å²) in [7, 11) is 0. The molecular formula is C25H29N5O2S. The Bertz CT molecular complexity index is 1230. The number of hydrogen-bond donors (Lipinski definition) is 0. The standard InChI is InChI=1S/C25H29N5O2S/c1-18-22-24(26-17-30(25(22)32)16-21(31)29-10-6-7-11-29)33-23(18)19(2)27-12-14-28(15-13-27)20-8-4-3-5-9-20/h3-5,8-9,17H,2,6-7,10-16H2,1H3. The second-order valence-corrected chi connectivity index (χ2v) is 9.76. The Morgan fingerprint density at radius 2 is 1.73 bits per heavy atom. The Morgan fingerprint density at radius 3 is 2.42 bits per heavy atom. The van der Waals surface area contributed by atoms with Gasteiger partial charge in [-0.3, -0.25) is 14.2 Å². The van der Waals surface area contributed by atoms with Crippen molar-refractivity contribution in [2.45, 2.75) is 26.3 Å². The molecule has 0 N–H and O–H groups in total. The number of aromatic nitrogens is 2. The lowest BCUT2D eigenvalue weighted by molar-refractivity contribution is -0.130. The minimum Gasteiger partial charge on any atom is -0.368 e. The maximum Gasteiger partial charge on any atom is 0.262 e. The number of benzene rings is 1. The van der Waals surface area contributed by atoms with E-state index in [0.717, 1.165) is 68.2 Å². The monoisotopic (exact) mass is 463 g/mol. The van der Waals surface area contributed by atoms with Crippen LogP contribution in [0.15, 0.2) is 48.0 Å². The fourth-order valence-corrected chi connectivity index (χ4v) is 5.91.